The fourth-order valence-corrected chi connectivity index (χ4v) is 3.16. The molecule has 0 bridgehead atoms. The number of amides is 2. The number of hydrogen-bond donors (Lipinski definition) is 1. The van der Waals surface area contributed by atoms with E-state index in [9.17, 15) is 9.59 Å². The van der Waals surface area contributed by atoms with Gasteiger partial charge in [-0.3, -0.25) is 14.5 Å². The summed E-state index contributed by atoms with van der Waals surface area (Å²) in [6.45, 7) is 7.63. The number of aryl methyl sites for hydroxylation is 2. The number of nitrogens with one attached hydrogen (secondary N) is 1. The van der Waals surface area contributed by atoms with Crippen molar-refractivity contribution in [3.63, 3.8) is 0 Å². The zero-order valence-corrected chi connectivity index (χ0v) is 16.3. The van der Waals surface area contributed by atoms with Crippen molar-refractivity contribution in [3.05, 3.63) is 64.9 Å². The summed E-state index contributed by atoms with van der Waals surface area (Å²) in [6, 6.07) is 12.9. The molecule has 2 amide bonds. The summed E-state index contributed by atoms with van der Waals surface area (Å²) in [5, 5.41) is 3.23. The van der Waals surface area contributed by atoms with Crippen molar-refractivity contribution in [2.24, 2.45) is 0 Å². The molecule has 3 rings (SSSR count). The molecule has 1 aliphatic rings. The molecule has 0 radical (unpaired) electrons. The second kappa shape index (κ2) is 7.27. The minimum atomic E-state index is -0.304. The maximum atomic E-state index is 13.0. The SMILES string of the molecule is COc1ccc(C2=C(Nc3cc(C)ccc3C)C(=O)N(C(C)C)C2=O)cc1. The van der Waals surface area contributed by atoms with Gasteiger partial charge in [0.15, 0.2) is 0 Å². The smallest absolute Gasteiger partial charge is 0.278 e. The Morgan fingerprint density at radius 2 is 1.63 bits per heavy atom. The molecular weight excluding hydrogens is 340 g/mol. The Balaban J connectivity index is 2.12. The van der Waals surface area contributed by atoms with Gasteiger partial charge in [-0.2, -0.15) is 0 Å². The first-order valence-electron chi connectivity index (χ1n) is 8.94. The first kappa shape index (κ1) is 18.7. The van der Waals surface area contributed by atoms with Crippen molar-refractivity contribution < 1.29 is 14.3 Å². The van der Waals surface area contributed by atoms with Gasteiger partial charge in [-0.15, -0.1) is 0 Å². The van der Waals surface area contributed by atoms with Gasteiger partial charge in [0.2, 0.25) is 0 Å². The topological polar surface area (TPSA) is 58.6 Å². The summed E-state index contributed by atoms with van der Waals surface area (Å²) in [7, 11) is 1.59. The van der Waals surface area contributed by atoms with E-state index in [1.54, 1.807) is 31.4 Å². The second-order valence-electron chi connectivity index (χ2n) is 7.00. The zero-order valence-electron chi connectivity index (χ0n) is 16.3. The van der Waals surface area contributed by atoms with Gasteiger partial charge < -0.3 is 10.1 Å². The fourth-order valence-electron chi connectivity index (χ4n) is 3.16. The third kappa shape index (κ3) is 3.45. The first-order chi connectivity index (χ1) is 12.8. The predicted octanol–water partition coefficient (Wildman–Crippen LogP) is 3.91. The van der Waals surface area contributed by atoms with E-state index in [1.165, 1.54) is 4.90 Å². The summed E-state index contributed by atoms with van der Waals surface area (Å²) in [6.07, 6.45) is 0. The Labute approximate surface area is 159 Å². The predicted molar refractivity (Wildman–Crippen MR) is 106 cm³/mol. The van der Waals surface area contributed by atoms with Gasteiger partial charge in [-0.05, 0) is 62.6 Å². The van der Waals surface area contributed by atoms with Crippen molar-refractivity contribution in [2.45, 2.75) is 33.7 Å². The molecule has 0 spiro atoms. The minimum absolute atomic E-state index is 0.226. The van der Waals surface area contributed by atoms with Gasteiger partial charge in [0.05, 0.1) is 12.7 Å². The molecule has 0 aromatic heterocycles. The molecule has 27 heavy (non-hydrogen) atoms. The lowest BCUT2D eigenvalue weighted by atomic mass is 10.0. The van der Waals surface area contributed by atoms with E-state index in [-0.39, 0.29) is 17.9 Å². The average molecular weight is 364 g/mol. The first-order valence-corrected chi connectivity index (χ1v) is 8.94. The average Bonchev–Trinajstić information content (AvgIpc) is 2.88. The number of rotatable bonds is 5. The monoisotopic (exact) mass is 364 g/mol. The number of methoxy groups -OCH3 is 1. The number of nitrogens with zero attached hydrogens (tertiary/aromatic N) is 1. The maximum absolute atomic E-state index is 13.0. The second-order valence-corrected chi connectivity index (χ2v) is 7.00. The number of carbonyl (C=O) groups is 2. The van der Waals surface area contributed by atoms with Crippen LogP contribution in [-0.2, 0) is 9.59 Å². The molecular formula is C22H24N2O3. The van der Waals surface area contributed by atoms with Crippen molar-refractivity contribution >= 4 is 23.1 Å². The Morgan fingerprint density at radius 3 is 2.22 bits per heavy atom. The summed E-state index contributed by atoms with van der Waals surface area (Å²) < 4.78 is 5.20. The van der Waals surface area contributed by atoms with Crippen LogP contribution in [0.5, 0.6) is 5.75 Å². The summed E-state index contributed by atoms with van der Waals surface area (Å²) >= 11 is 0. The summed E-state index contributed by atoms with van der Waals surface area (Å²) in [5.41, 5.74) is 4.29. The van der Waals surface area contributed by atoms with Crippen LogP contribution in [-0.4, -0.2) is 29.9 Å². The largest absolute Gasteiger partial charge is 0.497 e. The molecule has 0 unspecified atom stereocenters. The lowest BCUT2D eigenvalue weighted by molar-refractivity contribution is -0.138. The van der Waals surface area contributed by atoms with Crippen molar-refractivity contribution in [2.75, 3.05) is 12.4 Å². The van der Waals surface area contributed by atoms with E-state index in [2.05, 4.69) is 5.32 Å². The van der Waals surface area contributed by atoms with Crippen LogP contribution in [0.15, 0.2) is 48.2 Å². The Morgan fingerprint density at radius 1 is 0.963 bits per heavy atom. The van der Waals surface area contributed by atoms with Crippen molar-refractivity contribution in [3.8, 4) is 5.75 Å². The molecule has 0 aliphatic carbocycles. The molecule has 2 aromatic rings. The third-order valence-electron chi connectivity index (χ3n) is 4.66. The minimum Gasteiger partial charge on any atom is -0.497 e. The summed E-state index contributed by atoms with van der Waals surface area (Å²) in [5.74, 6) is 0.107. The van der Waals surface area contributed by atoms with Crippen LogP contribution in [0.4, 0.5) is 5.69 Å². The van der Waals surface area contributed by atoms with E-state index in [1.807, 2.05) is 45.9 Å². The molecule has 0 atom stereocenters. The van der Waals surface area contributed by atoms with Gasteiger partial charge in [0.25, 0.3) is 11.8 Å². The third-order valence-corrected chi connectivity index (χ3v) is 4.66. The lowest BCUT2D eigenvalue weighted by Gasteiger charge is -2.19. The zero-order chi connectivity index (χ0) is 19.7. The Hall–Kier alpha value is -3.08. The molecule has 0 saturated heterocycles. The van der Waals surface area contributed by atoms with Gasteiger partial charge in [-0.25, -0.2) is 0 Å². The van der Waals surface area contributed by atoms with E-state index in [4.69, 9.17) is 4.74 Å². The number of ether oxygens (including phenoxy) is 1. The van der Waals surface area contributed by atoms with Crippen LogP contribution < -0.4 is 10.1 Å². The lowest BCUT2D eigenvalue weighted by Crippen LogP contribution is -2.38. The summed E-state index contributed by atoms with van der Waals surface area (Å²) in [4.78, 5) is 27.4. The quantitative estimate of drug-likeness (QED) is 0.817. The highest BCUT2D eigenvalue weighted by atomic mass is 16.5. The van der Waals surface area contributed by atoms with Crippen molar-refractivity contribution in [1.29, 1.82) is 0 Å². The Kier molecular flexibility index (Phi) is 5.04. The highest BCUT2D eigenvalue weighted by Crippen LogP contribution is 2.33. The van der Waals surface area contributed by atoms with Crippen LogP contribution in [0.3, 0.4) is 0 Å². The number of hydrogen-bond acceptors (Lipinski definition) is 4. The number of anilines is 1. The van der Waals surface area contributed by atoms with Crippen LogP contribution in [0.25, 0.3) is 5.57 Å². The number of benzene rings is 2. The molecule has 1 heterocycles. The van der Waals surface area contributed by atoms with E-state index < -0.39 is 0 Å². The fraction of sp³-hybridized carbons (Fsp3) is 0.273. The van der Waals surface area contributed by atoms with Gasteiger partial charge in [0.1, 0.15) is 11.4 Å². The van der Waals surface area contributed by atoms with Gasteiger partial charge in [0, 0.05) is 11.7 Å². The van der Waals surface area contributed by atoms with Crippen molar-refractivity contribution in [1.82, 2.24) is 4.90 Å². The van der Waals surface area contributed by atoms with E-state index in [0.29, 0.717) is 22.6 Å². The standard InChI is InChI=1S/C22H24N2O3/c1-13(2)24-21(25)19(16-8-10-17(27-5)11-9-16)20(22(24)26)23-18-12-14(3)6-7-15(18)4/h6-13,23H,1-5H3. The highest BCUT2D eigenvalue weighted by Gasteiger charge is 2.40. The van der Waals surface area contributed by atoms with Crippen LogP contribution in [0.2, 0.25) is 0 Å². The molecule has 1 aliphatic heterocycles. The normalized spacial score (nSPS) is 14.4. The molecule has 5 heteroatoms. The van der Waals surface area contributed by atoms with E-state index >= 15 is 0 Å². The molecule has 5 nitrogen and oxygen atoms in total. The van der Waals surface area contributed by atoms with Gasteiger partial charge in [-0.1, -0.05) is 24.3 Å². The van der Waals surface area contributed by atoms with Crippen LogP contribution in [0.1, 0.15) is 30.5 Å². The number of carbonyl (C=O) groups excluding carboxylic acids is 2. The maximum Gasteiger partial charge on any atom is 0.278 e. The van der Waals surface area contributed by atoms with Gasteiger partial charge >= 0.3 is 0 Å². The van der Waals surface area contributed by atoms with Crippen LogP contribution in [0, 0.1) is 13.8 Å². The highest BCUT2D eigenvalue weighted by molar-refractivity contribution is 6.36. The Bertz CT molecular complexity index is 927. The molecule has 0 saturated carbocycles. The van der Waals surface area contributed by atoms with E-state index in [0.717, 1.165) is 16.8 Å². The molecule has 1 N–H and O–H groups in total. The molecule has 140 valence electrons. The number of imide groups is 1. The molecule has 2 aromatic carbocycles. The van der Waals surface area contributed by atoms with Crippen LogP contribution >= 0.6 is 0 Å². The molecule has 0 fully saturated rings.